The fourth-order valence-electron chi connectivity index (χ4n) is 3.39. The van der Waals surface area contributed by atoms with E-state index in [9.17, 15) is 9.90 Å². The summed E-state index contributed by atoms with van der Waals surface area (Å²) in [7, 11) is 1.45. The number of nitrogens with zero attached hydrogens (tertiary/aromatic N) is 2. The first-order valence-corrected chi connectivity index (χ1v) is 11.6. The fourth-order valence-corrected chi connectivity index (χ4v) is 4.63. The van der Waals surface area contributed by atoms with E-state index in [0.717, 1.165) is 16.8 Å². The van der Waals surface area contributed by atoms with Gasteiger partial charge in [0.1, 0.15) is 0 Å². The van der Waals surface area contributed by atoms with Crippen LogP contribution in [-0.4, -0.2) is 34.7 Å². The molecule has 1 saturated heterocycles. The van der Waals surface area contributed by atoms with Crippen LogP contribution in [0.2, 0.25) is 5.02 Å². The number of phenols is 1. The molecule has 1 fully saturated rings. The molecule has 3 aromatic carbocycles. The predicted molar refractivity (Wildman–Crippen MR) is 135 cm³/mol. The van der Waals surface area contributed by atoms with Crippen LogP contribution in [0.3, 0.4) is 0 Å². The molecule has 0 unspecified atom stereocenters. The summed E-state index contributed by atoms with van der Waals surface area (Å²) in [6.07, 6.45) is 2.46. The van der Waals surface area contributed by atoms with Gasteiger partial charge in [0.05, 0.1) is 22.7 Å². The average Bonchev–Trinajstić information content (AvgIpc) is 3.10. The normalized spacial score (nSPS) is 16.1. The highest BCUT2D eigenvalue weighted by molar-refractivity contribution is 8.18. The lowest BCUT2D eigenvalue weighted by molar-refractivity contribution is -0.122. The van der Waals surface area contributed by atoms with Crippen molar-refractivity contribution in [2.24, 2.45) is 4.99 Å². The number of halogens is 1. The van der Waals surface area contributed by atoms with Crippen molar-refractivity contribution in [3.63, 3.8) is 0 Å². The number of ether oxygens (including phenoxy) is 1. The van der Waals surface area contributed by atoms with Crippen molar-refractivity contribution in [2.75, 3.05) is 13.7 Å². The molecular formula is C26H23ClN2O3S. The predicted octanol–water partition coefficient (Wildman–Crippen LogP) is 6.21. The highest BCUT2D eigenvalue weighted by Crippen LogP contribution is 2.38. The molecule has 3 aromatic rings. The highest BCUT2D eigenvalue weighted by Gasteiger charge is 2.33. The maximum absolute atomic E-state index is 13.3. The Labute approximate surface area is 202 Å². The Morgan fingerprint density at radius 1 is 1.12 bits per heavy atom. The molecule has 1 aliphatic heterocycles. The van der Waals surface area contributed by atoms with Crippen LogP contribution >= 0.6 is 23.4 Å². The molecule has 0 saturated carbocycles. The van der Waals surface area contributed by atoms with Crippen LogP contribution in [0.1, 0.15) is 16.7 Å². The number of rotatable bonds is 6. The second kappa shape index (κ2) is 10.1. The summed E-state index contributed by atoms with van der Waals surface area (Å²) in [5.41, 5.74) is 3.74. The van der Waals surface area contributed by atoms with Crippen molar-refractivity contribution < 1.29 is 14.6 Å². The monoisotopic (exact) mass is 478 g/mol. The zero-order chi connectivity index (χ0) is 23.4. The molecule has 0 aliphatic carbocycles. The SMILES string of the molecule is COc1cc(/C=C2/SC(=Nc3ccc(C)cc3)N(CCc3ccccc3)C2=O)cc(Cl)c1O. The van der Waals surface area contributed by atoms with Gasteiger partial charge in [-0.1, -0.05) is 59.6 Å². The molecule has 168 valence electrons. The third-order valence-corrected chi connectivity index (χ3v) is 6.48. The number of hydrogen-bond acceptors (Lipinski definition) is 5. The first-order valence-electron chi connectivity index (χ1n) is 10.4. The third-order valence-electron chi connectivity index (χ3n) is 5.18. The number of aryl methyl sites for hydroxylation is 1. The van der Waals surface area contributed by atoms with Crippen molar-refractivity contribution in [1.82, 2.24) is 4.90 Å². The van der Waals surface area contributed by atoms with E-state index in [2.05, 4.69) is 0 Å². The third kappa shape index (κ3) is 5.41. The van der Waals surface area contributed by atoms with Crippen LogP contribution in [0.15, 0.2) is 76.6 Å². The van der Waals surface area contributed by atoms with E-state index >= 15 is 0 Å². The van der Waals surface area contributed by atoms with Crippen molar-refractivity contribution in [3.8, 4) is 11.5 Å². The van der Waals surface area contributed by atoms with Gasteiger partial charge in [-0.2, -0.15) is 0 Å². The van der Waals surface area contributed by atoms with Gasteiger partial charge >= 0.3 is 0 Å². The molecule has 1 aliphatic rings. The maximum Gasteiger partial charge on any atom is 0.266 e. The van der Waals surface area contributed by atoms with Crippen LogP contribution in [0.25, 0.3) is 6.08 Å². The van der Waals surface area contributed by atoms with Crippen LogP contribution in [0.5, 0.6) is 11.5 Å². The van der Waals surface area contributed by atoms with Gasteiger partial charge in [0, 0.05) is 6.54 Å². The van der Waals surface area contributed by atoms with Crippen LogP contribution in [0.4, 0.5) is 5.69 Å². The average molecular weight is 479 g/mol. The van der Waals surface area contributed by atoms with Gasteiger partial charge in [0.2, 0.25) is 0 Å². The minimum Gasteiger partial charge on any atom is -0.503 e. The number of carbonyl (C=O) groups is 1. The Kier molecular flexibility index (Phi) is 7.06. The van der Waals surface area contributed by atoms with E-state index in [-0.39, 0.29) is 22.4 Å². The number of methoxy groups -OCH3 is 1. The van der Waals surface area contributed by atoms with E-state index < -0.39 is 0 Å². The molecule has 1 amide bonds. The van der Waals surface area contributed by atoms with E-state index in [1.807, 2.05) is 61.5 Å². The molecule has 33 heavy (non-hydrogen) atoms. The molecule has 1 heterocycles. The number of aliphatic imine (C=N–C) groups is 1. The van der Waals surface area contributed by atoms with Crippen molar-refractivity contribution in [1.29, 1.82) is 0 Å². The van der Waals surface area contributed by atoms with E-state index in [4.69, 9.17) is 21.3 Å². The van der Waals surface area contributed by atoms with Gasteiger partial charge < -0.3 is 9.84 Å². The maximum atomic E-state index is 13.3. The number of hydrogen-bond donors (Lipinski definition) is 1. The van der Waals surface area contributed by atoms with Crippen molar-refractivity contribution in [2.45, 2.75) is 13.3 Å². The number of phenolic OH excluding ortho intramolecular Hbond substituents is 1. The number of aromatic hydroxyl groups is 1. The van der Waals surface area contributed by atoms with Gasteiger partial charge in [-0.05, 0) is 66.6 Å². The molecule has 1 N–H and O–H groups in total. The summed E-state index contributed by atoms with van der Waals surface area (Å²) >= 11 is 7.45. The Hall–Kier alpha value is -3.22. The molecule has 4 rings (SSSR count). The Morgan fingerprint density at radius 2 is 1.85 bits per heavy atom. The van der Waals surface area contributed by atoms with Gasteiger partial charge in [-0.25, -0.2) is 4.99 Å². The molecule has 7 heteroatoms. The van der Waals surface area contributed by atoms with Gasteiger partial charge in [-0.15, -0.1) is 0 Å². The smallest absolute Gasteiger partial charge is 0.266 e. The number of amides is 1. The zero-order valence-corrected chi connectivity index (χ0v) is 19.9. The fraction of sp³-hybridized carbons (Fsp3) is 0.154. The van der Waals surface area contributed by atoms with Crippen molar-refractivity contribution >= 4 is 46.2 Å². The minimum atomic E-state index is -0.127. The van der Waals surface area contributed by atoms with Crippen LogP contribution < -0.4 is 4.74 Å². The van der Waals surface area contributed by atoms with E-state index in [1.165, 1.54) is 18.9 Å². The number of amidine groups is 1. The summed E-state index contributed by atoms with van der Waals surface area (Å²) in [5.74, 6) is 0.00191. The topological polar surface area (TPSA) is 62.1 Å². The van der Waals surface area contributed by atoms with Gasteiger partial charge in [0.25, 0.3) is 5.91 Å². The lowest BCUT2D eigenvalue weighted by Gasteiger charge is -2.15. The second-order valence-electron chi connectivity index (χ2n) is 7.59. The number of carbonyl (C=O) groups excluding carboxylic acids is 1. The first-order chi connectivity index (χ1) is 15.9. The Bertz CT molecular complexity index is 1220. The number of benzene rings is 3. The Balaban J connectivity index is 1.67. The lowest BCUT2D eigenvalue weighted by Crippen LogP contribution is -2.31. The van der Waals surface area contributed by atoms with Gasteiger partial charge in [0.15, 0.2) is 16.7 Å². The van der Waals surface area contributed by atoms with Crippen LogP contribution in [0, 0.1) is 6.92 Å². The zero-order valence-electron chi connectivity index (χ0n) is 18.3. The second-order valence-corrected chi connectivity index (χ2v) is 9.00. The minimum absolute atomic E-state index is 0.120. The van der Waals surface area contributed by atoms with E-state index in [0.29, 0.717) is 28.6 Å². The van der Waals surface area contributed by atoms with Crippen molar-refractivity contribution in [3.05, 3.63) is 93.3 Å². The summed E-state index contributed by atoms with van der Waals surface area (Å²) in [6, 6.07) is 21.2. The standard InChI is InChI=1S/C26H23ClN2O3S/c1-17-8-10-20(11-9-17)28-26-29(13-12-18-6-4-3-5-7-18)25(31)23(33-26)16-19-14-21(27)24(30)22(15-19)32-2/h3-11,14-16,30H,12-13H2,1-2H3/b23-16+,28-26?. The summed E-state index contributed by atoms with van der Waals surface area (Å²) in [4.78, 5) is 20.3. The van der Waals surface area contributed by atoms with Crippen LogP contribution in [-0.2, 0) is 11.2 Å². The first kappa shape index (κ1) is 23.0. The van der Waals surface area contributed by atoms with Gasteiger partial charge in [-0.3, -0.25) is 9.69 Å². The summed E-state index contributed by atoms with van der Waals surface area (Å²) in [6.45, 7) is 2.53. The number of thioether (sulfide) groups is 1. The quantitative estimate of drug-likeness (QED) is 0.428. The molecule has 0 spiro atoms. The molecule has 0 atom stereocenters. The molecule has 0 radical (unpaired) electrons. The molecule has 0 aromatic heterocycles. The molecular weight excluding hydrogens is 456 g/mol. The lowest BCUT2D eigenvalue weighted by atomic mass is 10.1. The molecule has 0 bridgehead atoms. The summed E-state index contributed by atoms with van der Waals surface area (Å²) < 4.78 is 5.19. The summed E-state index contributed by atoms with van der Waals surface area (Å²) in [5, 5.41) is 10.8. The Morgan fingerprint density at radius 3 is 2.55 bits per heavy atom. The molecule has 5 nitrogen and oxygen atoms in total. The highest BCUT2D eigenvalue weighted by atomic mass is 35.5. The largest absolute Gasteiger partial charge is 0.503 e. The van der Waals surface area contributed by atoms with E-state index in [1.54, 1.807) is 23.1 Å².